The van der Waals surface area contributed by atoms with Crippen molar-refractivity contribution in [3.05, 3.63) is 45.9 Å². The van der Waals surface area contributed by atoms with E-state index in [9.17, 15) is 0 Å². The Kier molecular flexibility index (Phi) is 4.28. The maximum absolute atomic E-state index is 5.48. The van der Waals surface area contributed by atoms with Gasteiger partial charge in [0.25, 0.3) is 0 Å². The lowest BCUT2D eigenvalue weighted by molar-refractivity contribution is 0.163. The molecule has 0 N–H and O–H groups in total. The Morgan fingerprint density at radius 3 is 2.79 bits per heavy atom. The van der Waals surface area contributed by atoms with Crippen molar-refractivity contribution >= 4 is 35.8 Å². The molecule has 0 aromatic heterocycles. The van der Waals surface area contributed by atoms with E-state index in [4.69, 9.17) is 14.5 Å². The van der Waals surface area contributed by atoms with E-state index in [-0.39, 0.29) is 0 Å². The number of hydrogen-bond donors (Lipinski definition) is 0. The first-order chi connectivity index (χ1) is 11.9. The minimum atomic E-state index is 0.362. The molecule has 4 aliphatic rings. The highest BCUT2D eigenvalue weighted by molar-refractivity contribution is 8.02. The Morgan fingerprint density at radius 2 is 2.04 bits per heavy atom. The predicted molar refractivity (Wildman–Crippen MR) is 94.2 cm³/mol. The first-order valence-electron chi connectivity index (χ1n) is 7.49. The lowest BCUT2D eigenvalue weighted by Gasteiger charge is -2.23. The fraction of sp³-hybridized carbons (Fsp3) is 0.250. The maximum Gasteiger partial charge on any atom is 0.144 e. The van der Waals surface area contributed by atoms with Gasteiger partial charge in [-0.15, -0.1) is 0 Å². The molecule has 0 aromatic rings. The van der Waals surface area contributed by atoms with Crippen LogP contribution in [0.3, 0.4) is 0 Å². The van der Waals surface area contributed by atoms with Gasteiger partial charge in [0, 0.05) is 46.2 Å². The van der Waals surface area contributed by atoms with Gasteiger partial charge in [-0.3, -0.25) is 0 Å². The van der Waals surface area contributed by atoms with Crippen molar-refractivity contribution in [2.24, 2.45) is 19.9 Å². The van der Waals surface area contributed by atoms with Gasteiger partial charge in [0.1, 0.15) is 31.2 Å². The molecule has 4 aliphatic heterocycles. The van der Waals surface area contributed by atoms with E-state index in [1.165, 1.54) is 11.9 Å². The van der Waals surface area contributed by atoms with Crippen molar-refractivity contribution in [2.45, 2.75) is 6.42 Å². The fourth-order valence-electron chi connectivity index (χ4n) is 2.55. The van der Waals surface area contributed by atoms with Crippen LogP contribution >= 0.6 is 11.9 Å². The molecule has 0 fully saturated rings. The van der Waals surface area contributed by atoms with Crippen molar-refractivity contribution in [2.75, 3.05) is 19.8 Å². The predicted octanol–water partition coefficient (Wildman–Crippen LogP) is 2.56. The zero-order valence-electron chi connectivity index (χ0n) is 12.7. The van der Waals surface area contributed by atoms with E-state index in [1.54, 1.807) is 6.21 Å². The van der Waals surface area contributed by atoms with Gasteiger partial charge in [0.05, 0.1) is 6.21 Å². The third kappa shape index (κ3) is 2.92. The van der Waals surface area contributed by atoms with Gasteiger partial charge in [-0.1, -0.05) is 21.5 Å². The smallest absolute Gasteiger partial charge is 0.144 e. The first-order valence-corrected chi connectivity index (χ1v) is 8.26. The fourth-order valence-corrected chi connectivity index (χ4v) is 3.26. The largest absolute Gasteiger partial charge is 0.392 e. The second-order valence-corrected chi connectivity index (χ2v) is 5.95. The van der Waals surface area contributed by atoms with Crippen LogP contribution in [0, 0.1) is 0 Å². The highest BCUT2D eigenvalue weighted by Crippen LogP contribution is 2.34. The Balaban J connectivity index is 1.82. The van der Waals surface area contributed by atoms with Gasteiger partial charge in [0.15, 0.2) is 0 Å². The van der Waals surface area contributed by atoms with E-state index >= 15 is 0 Å². The number of oxime groups is 3. The van der Waals surface area contributed by atoms with Gasteiger partial charge in [-0.25, -0.2) is 4.40 Å². The molecule has 4 heterocycles. The van der Waals surface area contributed by atoms with E-state index in [0.717, 1.165) is 33.8 Å². The molecule has 0 bridgehead atoms. The highest BCUT2D eigenvalue weighted by Gasteiger charge is 2.29. The Labute approximate surface area is 142 Å². The molecular weight excluding hydrogens is 328 g/mol. The molecule has 122 valence electrons. The van der Waals surface area contributed by atoms with Crippen molar-refractivity contribution in [1.82, 2.24) is 0 Å². The van der Waals surface area contributed by atoms with Crippen molar-refractivity contribution < 1.29 is 14.5 Å². The Bertz CT molecular complexity index is 787. The van der Waals surface area contributed by atoms with Gasteiger partial charge < -0.3 is 14.5 Å². The SMILES string of the molecule is C1=CC(C2=C(C3=CCC=NS3)CON=C2C2=CCON=C2)=NOC1. The molecule has 4 rings (SSSR count). The van der Waals surface area contributed by atoms with Gasteiger partial charge in [-0.2, -0.15) is 0 Å². The van der Waals surface area contributed by atoms with Crippen LogP contribution in [0.2, 0.25) is 0 Å². The lowest BCUT2D eigenvalue weighted by atomic mass is 9.92. The maximum atomic E-state index is 5.48. The Morgan fingerprint density at radius 1 is 1.04 bits per heavy atom. The van der Waals surface area contributed by atoms with Gasteiger partial charge >= 0.3 is 0 Å². The standard InChI is InChI=1S/C16H14N4O3S/c1-4-14(24-18-6-1)12-10-23-20-16(11-5-8-21-17-9-11)15(12)13-3-2-7-22-19-13/h2-6,9H,1,7-8,10H2. The van der Waals surface area contributed by atoms with Crippen LogP contribution in [0.5, 0.6) is 0 Å². The van der Waals surface area contributed by atoms with Crippen LogP contribution in [0.15, 0.2) is 65.8 Å². The topological polar surface area (TPSA) is 77.1 Å². The molecular formula is C16H14N4O3S. The summed E-state index contributed by atoms with van der Waals surface area (Å²) in [4.78, 5) is 16.8. The van der Waals surface area contributed by atoms with E-state index in [1.807, 2.05) is 24.4 Å². The molecule has 24 heavy (non-hydrogen) atoms. The average molecular weight is 342 g/mol. The third-order valence-electron chi connectivity index (χ3n) is 3.62. The molecule has 8 heteroatoms. The van der Waals surface area contributed by atoms with E-state index < -0.39 is 0 Å². The van der Waals surface area contributed by atoms with E-state index in [0.29, 0.717) is 25.5 Å². The van der Waals surface area contributed by atoms with Crippen LogP contribution in [0.1, 0.15) is 6.42 Å². The molecule has 0 spiro atoms. The molecule has 0 amide bonds. The van der Waals surface area contributed by atoms with Gasteiger partial charge in [0.2, 0.25) is 0 Å². The molecule has 0 saturated heterocycles. The second-order valence-electron chi connectivity index (χ2n) is 5.11. The zero-order chi connectivity index (χ0) is 16.2. The lowest BCUT2D eigenvalue weighted by Crippen LogP contribution is -2.25. The molecule has 0 atom stereocenters. The normalized spacial score (nSPS) is 22.7. The van der Waals surface area contributed by atoms with Crippen LogP contribution in [0.25, 0.3) is 0 Å². The van der Waals surface area contributed by atoms with Crippen LogP contribution < -0.4 is 0 Å². The second kappa shape index (κ2) is 6.88. The summed E-state index contributed by atoms with van der Waals surface area (Å²) in [5, 5.41) is 12.3. The average Bonchev–Trinajstić information content (AvgIpc) is 2.69. The van der Waals surface area contributed by atoms with Crippen molar-refractivity contribution in [3.8, 4) is 0 Å². The summed E-state index contributed by atoms with van der Waals surface area (Å²) < 4.78 is 4.29. The molecule has 0 aromatic carbocycles. The summed E-state index contributed by atoms with van der Waals surface area (Å²) in [7, 11) is 0. The first kappa shape index (κ1) is 14.9. The molecule has 0 aliphatic carbocycles. The molecule has 0 radical (unpaired) electrons. The number of hydrogen-bond acceptors (Lipinski definition) is 8. The number of nitrogens with zero attached hydrogens (tertiary/aromatic N) is 4. The monoisotopic (exact) mass is 342 g/mol. The zero-order valence-corrected chi connectivity index (χ0v) is 13.5. The Hall–Kier alpha value is -2.61. The molecule has 0 saturated carbocycles. The molecule has 7 nitrogen and oxygen atoms in total. The summed E-state index contributed by atoms with van der Waals surface area (Å²) in [5.41, 5.74) is 4.10. The summed E-state index contributed by atoms with van der Waals surface area (Å²) in [5.74, 6) is 0. The summed E-state index contributed by atoms with van der Waals surface area (Å²) in [6.07, 6.45) is 12.2. The van der Waals surface area contributed by atoms with Gasteiger partial charge in [-0.05, 0) is 18.2 Å². The minimum absolute atomic E-state index is 0.362. The quantitative estimate of drug-likeness (QED) is 0.739. The third-order valence-corrected chi connectivity index (χ3v) is 4.48. The highest BCUT2D eigenvalue weighted by atomic mass is 32.2. The van der Waals surface area contributed by atoms with Crippen molar-refractivity contribution in [3.63, 3.8) is 0 Å². The summed E-state index contributed by atoms with van der Waals surface area (Å²) in [6.45, 7) is 1.23. The summed E-state index contributed by atoms with van der Waals surface area (Å²) in [6, 6.07) is 0. The van der Waals surface area contributed by atoms with Crippen molar-refractivity contribution in [1.29, 1.82) is 0 Å². The number of rotatable bonds is 3. The van der Waals surface area contributed by atoms with E-state index in [2.05, 4.69) is 25.9 Å². The summed E-state index contributed by atoms with van der Waals surface area (Å²) >= 11 is 1.43. The van der Waals surface area contributed by atoms with Crippen LogP contribution in [0.4, 0.5) is 0 Å². The number of allylic oxidation sites excluding steroid dienone is 4. The minimum Gasteiger partial charge on any atom is -0.392 e. The van der Waals surface area contributed by atoms with Crippen LogP contribution in [-0.2, 0) is 14.5 Å². The molecule has 0 unspecified atom stereocenters. The van der Waals surface area contributed by atoms with Crippen LogP contribution in [-0.4, -0.2) is 43.7 Å².